The Labute approximate surface area is 58.4 Å². The summed E-state index contributed by atoms with van der Waals surface area (Å²) in [4.78, 5) is 0. The van der Waals surface area contributed by atoms with Crippen molar-refractivity contribution in [2.24, 2.45) is 0 Å². The van der Waals surface area contributed by atoms with Gasteiger partial charge in [0.25, 0.3) is 11.2 Å². The van der Waals surface area contributed by atoms with Crippen molar-refractivity contribution in [1.82, 2.24) is 0 Å². The zero-order valence-corrected chi connectivity index (χ0v) is 2.94. The molecule has 0 aliphatic carbocycles. The second-order valence-electron chi connectivity index (χ2n) is 0.584. The molecule has 0 aromatic rings. The fraction of sp³-hybridized carbons (Fsp3) is 0. The summed E-state index contributed by atoms with van der Waals surface area (Å²) in [6.45, 7) is 0. The third-order valence-electron chi connectivity index (χ3n) is 0.190. The van der Waals surface area contributed by atoms with E-state index in [2.05, 4.69) is 8.67 Å². The van der Waals surface area contributed by atoms with Crippen LogP contribution in [0.3, 0.4) is 0 Å². The van der Waals surface area contributed by atoms with Gasteiger partial charge in [-0.05, 0) is 0 Å². The SMILES string of the molecule is OS1(O)OO1.[NaH]. The summed E-state index contributed by atoms with van der Waals surface area (Å²) in [5, 5.41) is 0. The fourth-order valence-corrected chi connectivity index (χ4v) is 0.224. The molecule has 1 rings (SSSR count). The molecule has 1 aliphatic rings. The molecule has 0 aromatic heterocycles. The van der Waals surface area contributed by atoms with Gasteiger partial charge in [-0.2, -0.15) is 0 Å². The van der Waals surface area contributed by atoms with Crippen LogP contribution in [-0.2, 0) is 8.67 Å². The molecule has 0 saturated carbocycles. The number of hydrogen-bond donors (Lipinski definition) is 2. The maximum absolute atomic E-state index is 7.83. The second-order valence-corrected chi connectivity index (χ2v) is 1.75. The van der Waals surface area contributed by atoms with E-state index in [-0.39, 0.29) is 29.6 Å². The molecule has 6 heavy (non-hydrogen) atoms. The van der Waals surface area contributed by atoms with Gasteiger partial charge in [-0.1, -0.05) is 8.67 Å². The summed E-state index contributed by atoms with van der Waals surface area (Å²) < 4.78 is 22.8. The van der Waals surface area contributed by atoms with Crippen LogP contribution in [0, 0.1) is 0 Å². The maximum atomic E-state index is 7.83. The zero-order valence-electron chi connectivity index (χ0n) is 2.12. The van der Waals surface area contributed by atoms with Gasteiger partial charge in [-0.3, -0.25) is 9.11 Å². The third kappa shape index (κ3) is 2.38. The molecule has 1 saturated heterocycles. The minimum absolute atomic E-state index is 0. The van der Waals surface area contributed by atoms with Gasteiger partial charge in [0.15, 0.2) is 0 Å². The Bertz CT molecular complexity index is 45.5. The molecule has 0 bridgehead atoms. The molecule has 0 atom stereocenters. The Kier molecular flexibility index (Phi) is 2.37. The molecule has 34 valence electrons. The van der Waals surface area contributed by atoms with Crippen LogP contribution in [0.1, 0.15) is 0 Å². The van der Waals surface area contributed by atoms with Gasteiger partial charge < -0.3 is 0 Å². The first-order valence-electron chi connectivity index (χ1n) is 0.865. The van der Waals surface area contributed by atoms with Gasteiger partial charge in [0.2, 0.25) is 0 Å². The Morgan fingerprint density at radius 1 is 1.17 bits per heavy atom. The summed E-state index contributed by atoms with van der Waals surface area (Å²) in [5.41, 5.74) is 0. The van der Waals surface area contributed by atoms with Crippen LogP contribution in [0.5, 0.6) is 0 Å². The summed E-state index contributed by atoms with van der Waals surface area (Å²) in [6.07, 6.45) is 0. The van der Waals surface area contributed by atoms with E-state index in [1.807, 2.05) is 0 Å². The van der Waals surface area contributed by atoms with Gasteiger partial charge in [0.05, 0.1) is 0 Å². The molecule has 0 unspecified atom stereocenters. The van der Waals surface area contributed by atoms with Gasteiger partial charge in [-0.15, -0.1) is 0 Å². The van der Waals surface area contributed by atoms with Crippen LogP contribution in [0.4, 0.5) is 0 Å². The molecule has 0 spiro atoms. The number of rotatable bonds is 0. The van der Waals surface area contributed by atoms with Crippen molar-refractivity contribution < 1.29 is 17.8 Å². The van der Waals surface area contributed by atoms with Gasteiger partial charge in [0, 0.05) is 0 Å². The number of hydrogen-bond acceptors (Lipinski definition) is 4. The predicted molar refractivity (Wildman–Crippen MR) is 22.2 cm³/mol. The van der Waals surface area contributed by atoms with E-state index in [0.29, 0.717) is 0 Å². The topological polar surface area (TPSA) is 65.5 Å². The van der Waals surface area contributed by atoms with E-state index in [0.717, 1.165) is 0 Å². The van der Waals surface area contributed by atoms with Crippen LogP contribution < -0.4 is 0 Å². The van der Waals surface area contributed by atoms with Crippen molar-refractivity contribution in [1.29, 1.82) is 0 Å². The average Bonchev–Trinajstić information content (AvgIpc) is 1.76. The summed E-state index contributed by atoms with van der Waals surface area (Å²) in [5.74, 6) is 0. The molecule has 1 fully saturated rings. The van der Waals surface area contributed by atoms with E-state index < -0.39 is 11.2 Å². The van der Waals surface area contributed by atoms with Crippen molar-refractivity contribution in [3.63, 3.8) is 0 Å². The summed E-state index contributed by atoms with van der Waals surface area (Å²) >= 11 is -2.92. The van der Waals surface area contributed by atoms with Crippen molar-refractivity contribution >= 4 is 40.7 Å². The minimum atomic E-state index is -2.92. The first kappa shape index (κ1) is 7.19. The van der Waals surface area contributed by atoms with E-state index >= 15 is 0 Å². The molecular formula is H3NaO4S. The Morgan fingerprint density at radius 3 is 1.33 bits per heavy atom. The Balaban J connectivity index is 0.000000250. The molecule has 0 radical (unpaired) electrons. The molecule has 1 heterocycles. The molecule has 4 nitrogen and oxygen atoms in total. The standard InChI is InChI=1S/Na.H2O4S.H/c;1-5(2)3-4-5;/h;1-2H;. The average molecular weight is 122 g/mol. The first-order valence-corrected chi connectivity index (χ1v) is 2.26. The fourth-order valence-electron chi connectivity index (χ4n) is 0.0248. The van der Waals surface area contributed by atoms with E-state index in [1.165, 1.54) is 0 Å². The van der Waals surface area contributed by atoms with E-state index in [9.17, 15) is 0 Å². The molecular weight excluding hydrogens is 119 g/mol. The van der Waals surface area contributed by atoms with Crippen LogP contribution in [0.2, 0.25) is 0 Å². The van der Waals surface area contributed by atoms with Crippen molar-refractivity contribution in [3.05, 3.63) is 0 Å². The third-order valence-corrected chi connectivity index (χ3v) is 0.569. The van der Waals surface area contributed by atoms with Crippen molar-refractivity contribution in [2.45, 2.75) is 0 Å². The van der Waals surface area contributed by atoms with Crippen LogP contribution >= 0.6 is 11.2 Å². The zero-order chi connectivity index (χ0) is 3.91. The van der Waals surface area contributed by atoms with Crippen LogP contribution in [0.25, 0.3) is 0 Å². The van der Waals surface area contributed by atoms with Crippen LogP contribution in [0.15, 0.2) is 0 Å². The Morgan fingerprint density at radius 2 is 1.33 bits per heavy atom. The van der Waals surface area contributed by atoms with Crippen molar-refractivity contribution in [3.8, 4) is 0 Å². The van der Waals surface area contributed by atoms with E-state index in [4.69, 9.17) is 9.11 Å². The molecule has 0 aromatic carbocycles. The summed E-state index contributed by atoms with van der Waals surface area (Å²) in [6, 6.07) is 0. The molecule has 0 amide bonds. The monoisotopic (exact) mass is 122 g/mol. The summed E-state index contributed by atoms with van der Waals surface area (Å²) in [7, 11) is 0. The molecule has 2 N–H and O–H groups in total. The normalized spacial score (nSPS) is 30.3. The van der Waals surface area contributed by atoms with Gasteiger partial charge >= 0.3 is 29.6 Å². The predicted octanol–water partition coefficient (Wildman–Crippen LogP) is -0.120. The van der Waals surface area contributed by atoms with Crippen molar-refractivity contribution in [2.75, 3.05) is 0 Å². The molecule has 6 heteroatoms. The van der Waals surface area contributed by atoms with Gasteiger partial charge in [0.1, 0.15) is 0 Å². The van der Waals surface area contributed by atoms with Gasteiger partial charge in [-0.25, -0.2) is 0 Å². The van der Waals surface area contributed by atoms with Crippen LogP contribution in [-0.4, -0.2) is 38.7 Å². The Hall–Kier alpha value is 1.19. The second kappa shape index (κ2) is 1.97. The first-order chi connectivity index (χ1) is 2.21. The quantitative estimate of drug-likeness (QED) is 0.267. The van der Waals surface area contributed by atoms with E-state index in [1.54, 1.807) is 0 Å². The molecule has 1 aliphatic heterocycles.